The van der Waals surface area contributed by atoms with Crippen molar-refractivity contribution in [1.82, 2.24) is 5.06 Å². The van der Waals surface area contributed by atoms with Crippen LogP contribution in [0.5, 0.6) is 0 Å². The molecule has 0 aromatic rings. The Labute approximate surface area is 63.2 Å². The maximum atomic E-state index is 9.07. The van der Waals surface area contributed by atoms with E-state index in [1.807, 2.05) is 0 Å². The number of hydrogen-bond acceptors (Lipinski definition) is 6. The molecule has 6 heteroatoms. The standard InChI is InChI=1S/C5H11NO5/c7-1-3-4(9)5(10)6(2-8)11-3/h3-5,7-10H,1-2H2/t3?,4-,5+/m1/s1. The largest absolute Gasteiger partial charge is 0.393 e. The Morgan fingerprint density at radius 1 is 1.27 bits per heavy atom. The molecule has 0 aliphatic carbocycles. The molecule has 4 N–H and O–H groups in total. The Morgan fingerprint density at radius 2 is 1.91 bits per heavy atom. The number of hydroxylamine groups is 2. The molecule has 11 heavy (non-hydrogen) atoms. The minimum atomic E-state index is -1.27. The SMILES string of the molecule is OCC1ON(CO)[C@@H](O)[C@@H]1O. The summed E-state index contributed by atoms with van der Waals surface area (Å²) in [5.41, 5.74) is 0. The monoisotopic (exact) mass is 165 g/mol. The zero-order chi connectivity index (χ0) is 8.43. The maximum absolute atomic E-state index is 9.07. The molecule has 3 atom stereocenters. The molecule has 66 valence electrons. The number of aliphatic hydroxyl groups is 4. The highest BCUT2D eigenvalue weighted by Gasteiger charge is 2.40. The van der Waals surface area contributed by atoms with E-state index in [2.05, 4.69) is 0 Å². The van der Waals surface area contributed by atoms with Crippen LogP contribution in [0.4, 0.5) is 0 Å². The van der Waals surface area contributed by atoms with Crippen molar-refractivity contribution < 1.29 is 25.3 Å². The summed E-state index contributed by atoms with van der Waals surface area (Å²) in [4.78, 5) is 4.72. The summed E-state index contributed by atoms with van der Waals surface area (Å²) in [5, 5.41) is 36.0. The highest BCUT2D eigenvalue weighted by molar-refractivity contribution is 4.78. The van der Waals surface area contributed by atoms with Gasteiger partial charge in [0.15, 0.2) is 6.23 Å². The second kappa shape index (κ2) is 3.44. The molecule has 0 saturated carbocycles. The second-order valence-corrected chi connectivity index (χ2v) is 2.29. The number of rotatable bonds is 2. The van der Waals surface area contributed by atoms with Gasteiger partial charge in [-0.25, -0.2) is 0 Å². The molecule has 1 aliphatic heterocycles. The first-order valence-electron chi connectivity index (χ1n) is 3.22. The van der Waals surface area contributed by atoms with Gasteiger partial charge in [-0.15, -0.1) is 5.06 Å². The van der Waals surface area contributed by atoms with E-state index in [-0.39, 0.29) is 0 Å². The van der Waals surface area contributed by atoms with E-state index in [9.17, 15) is 0 Å². The van der Waals surface area contributed by atoms with Crippen molar-refractivity contribution in [2.45, 2.75) is 18.4 Å². The molecule has 6 nitrogen and oxygen atoms in total. The summed E-state index contributed by atoms with van der Waals surface area (Å²) in [6, 6.07) is 0. The zero-order valence-electron chi connectivity index (χ0n) is 5.79. The van der Waals surface area contributed by atoms with Crippen molar-refractivity contribution in [2.24, 2.45) is 0 Å². The van der Waals surface area contributed by atoms with Crippen LogP contribution in [-0.4, -0.2) is 57.3 Å². The summed E-state index contributed by atoms with van der Waals surface area (Å²) in [7, 11) is 0. The first-order chi connectivity index (χ1) is 5.20. The lowest BCUT2D eigenvalue weighted by atomic mass is 10.2. The topological polar surface area (TPSA) is 93.4 Å². The predicted octanol–water partition coefficient (Wildman–Crippen LogP) is -2.78. The summed E-state index contributed by atoms with van der Waals surface area (Å²) < 4.78 is 0. The molecule has 0 amide bonds. The molecule has 1 rings (SSSR count). The second-order valence-electron chi connectivity index (χ2n) is 2.29. The molecule has 0 bridgehead atoms. The third-order valence-electron chi connectivity index (χ3n) is 1.57. The highest BCUT2D eigenvalue weighted by Crippen LogP contribution is 2.18. The maximum Gasteiger partial charge on any atom is 0.160 e. The van der Waals surface area contributed by atoms with Crippen molar-refractivity contribution in [1.29, 1.82) is 0 Å². The van der Waals surface area contributed by atoms with Crippen LogP contribution in [0.2, 0.25) is 0 Å². The molecule has 1 heterocycles. The molecular formula is C5H11NO5. The van der Waals surface area contributed by atoms with Gasteiger partial charge in [0.2, 0.25) is 0 Å². The van der Waals surface area contributed by atoms with Crippen molar-refractivity contribution in [3.05, 3.63) is 0 Å². The third-order valence-corrected chi connectivity index (χ3v) is 1.57. The van der Waals surface area contributed by atoms with Crippen LogP contribution in [0.3, 0.4) is 0 Å². The fourth-order valence-corrected chi connectivity index (χ4v) is 0.919. The highest BCUT2D eigenvalue weighted by atomic mass is 16.7. The number of aliphatic hydroxyl groups excluding tert-OH is 4. The smallest absolute Gasteiger partial charge is 0.160 e. The van der Waals surface area contributed by atoms with Gasteiger partial charge >= 0.3 is 0 Å². The molecule has 1 fully saturated rings. The van der Waals surface area contributed by atoms with Gasteiger partial charge in [0.25, 0.3) is 0 Å². The van der Waals surface area contributed by atoms with E-state index in [1.165, 1.54) is 0 Å². The van der Waals surface area contributed by atoms with Gasteiger partial charge in [-0.3, -0.25) is 4.84 Å². The average molecular weight is 165 g/mol. The normalized spacial score (nSPS) is 39.8. The number of nitrogens with zero attached hydrogens (tertiary/aromatic N) is 1. The lowest BCUT2D eigenvalue weighted by Crippen LogP contribution is -2.36. The molecule has 0 aromatic carbocycles. The molecule has 1 aliphatic rings. The summed E-state index contributed by atoms with van der Waals surface area (Å²) in [6.45, 7) is -0.913. The summed E-state index contributed by atoms with van der Waals surface area (Å²) in [5.74, 6) is 0. The minimum absolute atomic E-state index is 0.394. The Bertz CT molecular complexity index is 114. The number of hydrogen-bond donors (Lipinski definition) is 4. The van der Waals surface area contributed by atoms with Crippen molar-refractivity contribution in [3.63, 3.8) is 0 Å². The van der Waals surface area contributed by atoms with Crippen molar-refractivity contribution >= 4 is 0 Å². The van der Waals surface area contributed by atoms with Crippen molar-refractivity contribution in [3.8, 4) is 0 Å². The molecule has 0 aromatic heterocycles. The van der Waals surface area contributed by atoms with Gasteiger partial charge in [-0.05, 0) is 0 Å². The Hall–Kier alpha value is -0.240. The fraction of sp³-hybridized carbons (Fsp3) is 1.00. The fourth-order valence-electron chi connectivity index (χ4n) is 0.919. The van der Waals surface area contributed by atoms with E-state index >= 15 is 0 Å². The first-order valence-corrected chi connectivity index (χ1v) is 3.22. The van der Waals surface area contributed by atoms with Gasteiger partial charge in [0.05, 0.1) is 6.61 Å². The van der Waals surface area contributed by atoms with Crippen molar-refractivity contribution in [2.75, 3.05) is 13.3 Å². The van der Waals surface area contributed by atoms with Gasteiger partial charge in [0.1, 0.15) is 18.9 Å². The Balaban J connectivity index is 2.53. The Morgan fingerprint density at radius 3 is 2.18 bits per heavy atom. The predicted molar refractivity (Wildman–Crippen MR) is 32.9 cm³/mol. The molecular weight excluding hydrogens is 154 g/mol. The Kier molecular flexibility index (Phi) is 2.77. The van der Waals surface area contributed by atoms with E-state index in [0.717, 1.165) is 5.06 Å². The van der Waals surface area contributed by atoms with Crippen LogP contribution in [0, 0.1) is 0 Å². The van der Waals surface area contributed by atoms with Crippen LogP contribution in [0.15, 0.2) is 0 Å². The summed E-state index contributed by atoms with van der Waals surface area (Å²) >= 11 is 0. The van der Waals surface area contributed by atoms with Gasteiger partial charge < -0.3 is 20.4 Å². The van der Waals surface area contributed by atoms with Crippen LogP contribution >= 0.6 is 0 Å². The molecule has 1 saturated heterocycles. The lowest BCUT2D eigenvalue weighted by Gasteiger charge is -2.14. The van der Waals surface area contributed by atoms with Crippen LogP contribution in [0.25, 0.3) is 0 Å². The van der Waals surface area contributed by atoms with Crippen LogP contribution in [0.1, 0.15) is 0 Å². The van der Waals surface area contributed by atoms with Gasteiger partial charge in [-0.1, -0.05) is 0 Å². The third kappa shape index (κ3) is 1.51. The lowest BCUT2D eigenvalue weighted by molar-refractivity contribution is -0.235. The molecule has 1 unspecified atom stereocenters. The average Bonchev–Trinajstić information content (AvgIpc) is 2.30. The summed E-state index contributed by atoms with van der Waals surface area (Å²) in [6.07, 6.45) is -3.29. The quantitative estimate of drug-likeness (QED) is 0.354. The van der Waals surface area contributed by atoms with E-state index < -0.39 is 31.8 Å². The van der Waals surface area contributed by atoms with E-state index in [4.69, 9.17) is 25.3 Å². The molecule has 0 radical (unpaired) electrons. The van der Waals surface area contributed by atoms with Gasteiger partial charge in [0, 0.05) is 0 Å². The van der Waals surface area contributed by atoms with Crippen LogP contribution in [-0.2, 0) is 4.84 Å². The van der Waals surface area contributed by atoms with E-state index in [1.54, 1.807) is 0 Å². The van der Waals surface area contributed by atoms with Crippen LogP contribution < -0.4 is 0 Å². The molecule has 0 spiro atoms. The first kappa shape index (κ1) is 8.85. The van der Waals surface area contributed by atoms with Gasteiger partial charge in [-0.2, -0.15) is 0 Å². The zero-order valence-corrected chi connectivity index (χ0v) is 5.79. The van der Waals surface area contributed by atoms with E-state index in [0.29, 0.717) is 0 Å². The minimum Gasteiger partial charge on any atom is -0.393 e.